The maximum Gasteiger partial charge on any atom is 0.338 e. The average molecular weight is 274 g/mol. The zero-order valence-corrected chi connectivity index (χ0v) is 10.9. The lowest BCUT2D eigenvalue weighted by molar-refractivity contribution is 0.0696. The minimum atomic E-state index is -1.04. The molecule has 1 aromatic heterocycles. The smallest absolute Gasteiger partial charge is 0.338 e. The molecule has 6 nitrogen and oxygen atoms in total. The molecule has 0 atom stereocenters. The molecule has 1 aromatic carbocycles. The van der Waals surface area contributed by atoms with Gasteiger partial charge in [-0.05, 0) is 12.1 Å². The Labute approximate surface area is 116 Å². The molecular weight excluding hydrogens is 260 g/mol. The number of nitrogens with zero attached hydrogens (tertiary/aromatic N) is 2. The molecule has 0 fully saturated rings. The molecule has 1 heterocycles. The molecule has 0 aliphatic carbocycles. The molecule has 0 spiro atoms. The first-order valence-corrected chi connectivity index (χ1v) is 6.00. The molecular formula is C14H14N2O4. The van der Waals surface area contributed by atoms with Crippen molar-refractivity contribution in [1.29, 1.82) is 0 Å². The summed E-state index contributed by atoms with van der Waals surface area (Å²) >= 11 is 0. The van der Waals surface area contributed by atoms with Crippen LogP contribution in [0.4, 0.5) is 0 Å². The number of carboxylic acid groups (broad SMARTS) is 1. The van der Waals surface area contributed by atoms with E-state index in [0.717, 1.165) is 5.75 Å². The van der Waals surface area contributed by atoms with E-state index in [1.54, 1.807) is 13.2 Å². The van der Waals surface area contributed by atoms with Crippen LogP contribution in [0.3, 0.4) is 0 Å². The highest BCUT2D eigenvalue weighted by molar-refractivity contribution is 5.86. The molecule has 104 valence electrons. The van der Waals surface area contributed by atoms with Gasteiger partial charge in [-0.1, -0.05) is 6.07 Å². The third-order valence-corrected chi connectivity index (χ3v) is 2.59. The van der Waals surface area contributed by atoms with Crippen LogP contribution in [0.25, 0.3) is 0 Å². The van der Waals surface area contributed by atoms with Crippen LogP contribution in [0.2, 0.25) is 0 Å². The molecule has 0 aliphatic rings. The summed E-state index contributed by atoms with van der Waals surface area (Å²) in [5.74, 6) is 0.929. The monoisotopic (exact) mass is 274 g/mol. The van der Waals surface area contributed by atoms with Gasteiger partial charge < -0.3 is 14.6 Å². The second kappa shape index (κ2) is 6.51. The summed E-state index contributed by atoms with van der Waals surface area (Å²) < 4.78 is 10.6. The van der Waals surface area contributed by atoms with Gasteiger partial charge in [0, 0.05) is 24.9 Å². The van der Waals surface area contributed by atoms with Crippen molar-refractivity contribution in [1.82, 2.24) is 9.97 Å². The Bertz CT molecular complexity index is 584. The first-order valence-electron chi connectivity index (χ1n) is 6.00. The van der Waals surface area contributed by atoms with Crippen molar-refractivity contribution in [3.63, 3.8) is 0 Å². The van der Waals surface area contributed by atoms with E-state index in [-0.39, 0.29) is 5.56 Å². The second-order valence-electron chi connectivity index (χ2n) is 3.97. The fourth-order valence-electron chi connectivity index (χ4n) is 1.55. The van der Waals surface area contributed by atoms with Crippen LogP contribution >= 0.6 is 0 Å². The van der Waals surface area contributed by atoms with Gasteiger partial charge in [0.15, 0.2) is 0 Å². The van der Waals surface area contributed by atoms with Gasteiger partial charge in [0.25, 0.3) is 0 Å². The number of ether oxygens (including phenoxy) is 2. The Kier molecular flexibility index (Phi) is 4.49. The zero-order valence-electron chi connectivity index (χ0n) is 10.9. The lowest BCUT2D eigenvalue weighted by Crippen LogP contribution is -2.06. The highest BCUT2D eigenvalue weighted by Crippen LogP contribution is 2.18. The lowest BCUT2D eigenvalue weighted by atomic mass is 10.3. The Hall–Kier alpha value is -2.63. The van der Waals surface area contributed by atoms with E-state index in [1.807, 2.05) is 18.2 Å². The summed E-state index contributed by atoms with van der Waals surface area (Å²) in [5, 5.41) is 8.73. The number of aromatic nitrogens is 2. The van der Waals surface area contributed by atoms with Crippen molar-refractivity contribution >= 4 is 5.97 Å². The highest BCUT2D eigenvalue weighted by atomic mass is 16.5. The van der Waals surface area contributed by atoms with E-state index in [1.165, 1.54) is 12.4 Å². The van der Waals surface area contributed by atoms with Gasteiger partial charge >= 0.3 is 5.97 Å². The Balaban J connectivity index is 1.87. The van der Waals surface area contributed by atoms with Gasteiger partial charge in [-0.25, -0.2) is 14.8 Å². The maximum absolute atomic E-state index is 10.7. The van der Waals surface area contributed by atoms with Gasteiger partial charge in [-0.15, -0.1) is 0 Å². The number of aromatic carboxylic acids is 1. The van der Waals surface area contributed by atoms with Crippen molar-refractivity contribution in [3.8, 4) is 11.5 Å². The molecule has 0 bridgehead atoms. The second-order valence-corrected chi connectivity index (χ2v) is 3.97. The Morgan fingerprint density at radius 3 is 2.60 bits per heavy atom. The average Bonchev–Trinajstić information content (AvgIpc) is 2.48. The Morgan fingerprint density at radius 2 is 1.95 bits per heavy atom. The number of benzene rings is 1. The normalized spacial score (nSPS) is 10.1. The molecule has 20 heavy (non-hydrogen) atoms. The predicted octanol–water partition coefficient (Wildman–Crippen LogP) is 1.80. The van der Waals surface area contributed by atoms with Gasteiger partial charge in [0.1, 0.15) is 17.3 Å². The number of carboxylic acids is 1. The zero-order chi connectivity index (χ0) is 14.4. The summed E-state index contributed by atoms with van der Waals surface area (Å²) in [6.45, 7) is 0.402. The fraction of sp³-hybridized carbons (Fsp3) is 0.214. The summed E-state index contributed by atoms with van der Waals surface area (Å²) in [4.78, 5) is 18.6. The molecule has 0 radical (unpaired) electrons. The highest BCUT2D eigenvalue weighted by Gasteiger charge is 2.04. The maximum atomic E-state index is 10.7. The molecule has 0 aliphatic heterocycles. The molecule has 0 unspecified atom stereocenters. The first kappa shape index (κ1) is 13.8. The number of hydrogen-bond acceptors (Lipinski definition) is 5. The van der Waals surface area contributed by atoms with Crippen LogP contribution in [0.5, 0.6) is 11.5 Å². The third kappa shape index (κ3) is 3.68. The largest absolute Gasteiger partial charge is 0.497 e. The van der Waals surface area contributed by atoms with Gasteiger partial charge in [0.05, 0.1) is 19.3 Å². The van der Waals surface area contributed by atoms with Crippen LogP contribution in [-0.2, 0) is 6.42 Å². The van der Waals surface area contributed by atoms with Crippen LogP contribution in [0, 0.1) is 0 Å². The molecule has 0 saturated heterocycles. The third-order valence-electron chi connectivity index (χ3n) is 2.59. The van der Waals surface area contributed by atoms with Crippen LogP contribution in [0.1, 0.15) is 16.2 Å². The van der Waals surface area contributed by atoms with E-state index in [4.69, 9.17) is 14.6 Å². The van der Waals surface area contributed by atoms with Crippen molar-refractivity contribution in [3.05, 3.63) is 48.0 Å². The number of methoxy groups -OCH3 is 1. The van der Waals surface area contributed by atoms with Crippen molar-refractivity contribution in [2.24, 2.45) is 0 Å². The Morgan fingerprint density at radius 1 is 1.25 bits per heavy atom. The summed E-state index contributed by atoms with van der Waals surface area (Å²) in [6.07, 6.45) is 3.07. The molecule has 2 aromatic rings. The fourth-order valence-corrected chi connectivity index (χ4v) is 1.55. The van der Waals surface area contributed by atoms with Crippen LogP contribution in [-0.4, -0.2) is 34.8 Å². The lowest BCUT2D eigenvalue weighted by Gasteiger charge is -2.07. The van der Waals surface area contributed by atoms with Crippen molar-refractivity contribution < 1.29 is 19.4 Å². The van der Waals surface area contributed by atoms with Gasteiger partial charge in [-0.3, -0.25) is 0 Å². The minimum Gasteiger partial charge on any atom is -0.497 e. The van der Waals surface area contributed by atoms with E-state index in [2.05, 4.69) is 9.97 Å². The molecule has 2 rings (SSSR count). The molecule has 0 amide bonds. The van der Waals surface area contributed by atoms with Crippen molar-refractivity contribution in [2.75, 3.05) is 13.7 Å². The molecule has 6 heteroatoms. The topological polar surface area (TPSA) is 81.5 Å². The molecule has 0 saturated carbocycles. The predicted molar refractivity (Wildman–Crippen MR) is 71.2 cm³/mol. The molecule has 1 N–H and O–H groups in total. The van der Waals surface area contributed by atoms with E-state index in [9.17, 15) is 4.79 Å². The number of rotatable bonds is 6. The summed E-state index contributed by atoms with van der Waals surface area (Å²) in [7, 11) is 1.59. The summed E-state index contributed by atoms with van der Waals surface area (Å²) in [6, 6.07) is 7.29. The van der Waals surface area contributed by atoms with Gasteiger partial charge in [0.2, 0.25) is 0 Å². The van der Waals surface area contributed by atoms with Gasteiger partial charge in [-0.2, -0.15) is 0 Å². The van der Waals surface area contributed by atoms with E-state index >= 15 is 0 Å². The number of hydrogen-bond donors (Lipinski definition) is 1. The van der Waals surface area contributed by atoms with Crippen LogP contribution < -0.4 is 9.47 Å². The first-order chi connectivity index (χ1) is 9.69. The van der Waals surface area contributed by atoms with E-state index < -0.39 is 5.97 Å². The van der Waals surface area contributed by atoms with Crippen molar-refractivity contribution in [2.45, 2.75) is 6.42 Å². The van der Waals surface area contributed by atoms with Crippen LogP contribution in [0.15, 0.2) is 36.7 Å². The number of carbonyl (C=O) groups is 1. The SMILES string of the molecule is COc1cccc(OCCc2ncc(C(=O)O)cn2)c1. The summed E-state index contributed by atoms with van der Waals surface area (Å²) in [5.41, 5.74) is 0.0717. The quantitative estimate of drug-likeness (QED) is 0.865. The van der Waals surface area contributed by atoms with E-state index in [0.29, 0.717) is 24.6 Å². The standard InChI is InChI=1S/C14H14N2O4/c1-19-11-3-2-4-12(7-11)20-6-5-13-15-8-10(9-16-13)14(17)18/h2-4,7-9H,5-6H2,1H3,(H,17,18). The minimum absolute atomic E-state index is 0.0717.